The second-order valence-corrected chi connectivity index (χ2v) is 8.88. The zero-order valence-corrected chi connectivity index (χ0v) is 20.1. The van der Waals surface area contributed by atoms with Crippen LogP contribution in [-0.2, 0) is 19.2 Å². The second-order valence-electron chi connectivity index (χ2n) is 8.52. The van der Waals surface area contributed by atoms with Gasteiger partial charge in [0.15, 0.2) is 5.96 Å². The molecule has 1 rings (SSSR count). The Morgan fingerprint density at radius 2 is 1.79 bits per heavy atom. The number of aliphatic carboxylic acids is 1. The minimum absolute atomic E-state index is 0.0138. The molecule has 0 bridgehead atoms. The normalized spacial score (nSPS) is 18.3. The van der Waals surface area contributed by atoms with Crippen LogP contribution in [0.25, 0.3) is 0 Å². The molecule has 3 amide bonds. The van der Waals surface area contributed by atoms with Gasteiger partial charge in [0, 0.05) is 18.8 Å². The van der Waals surface area contributed by atoms with E-state index in [1.807, 2.05) is 13.8 Å². The molecule has 0 aromatic rings. The summed E-state index contributed by atoms with van der Waals surface area (Å²) in [6.45, 7) is 4.42. The van der Waals surface area contributed by atoms with Crippen LogP contribution >= 0.6 is 12.6 Å². The van der Waals surface area contributed by atoms with E-state index in [4.69, 9.17) is 17.2 Å². The maximum Gasteiger partial charge on any atom is 0.326 e. The van der Waals surface area contributed by atoms with Gasteiger partial charge in [-0.25, -0.2) is 4.79 Å². The molecule has 0 saturated carbocycles. The van der Waals surface area contributed by atoms with Gasteiger partial charge in [0.1, 0.15) is 18.1 Å². The van der Waals surface area contributed by atoms with Gasteiger partial charge in [-0.2, -0.15) is 12.6 Å². The number of nitrogens with one attached hydrogen (secondary N) is 2. The first-order valence-electron chi connectivity index (χ1n) is 11.0. The first kappa shape index (κ1) is 28.5. The van der Waals surface area contributed by atoms with E-state index in [1.165, 1.54) is 4.90 Å². The maximum atomic E-state index is 12.9. The number of carbonyl (C=O) groups excluding carboxylic acids is 3. The van der Waals surface area contributed by atoms with Gasteiger partial charge in [-0.05, 0) is 38.0 Å². The predicted molar refractivity (Wildman–Crippen MR) is 127 cm³/mol. The van der Waals surface area contributed by atoms with E-state index in [1.54, 1.807) is 0 Å². The highest BCUT2D eigenvalue weighted by Gasteiger charge is 2.38. The van der Waals surface area contributed by atoms with Gasteiger partial charge in [-0.3, -0.25) is 19.4 Å². The zero-order valence-electron chi connectivity index (χ0n) is 19.2. The van der Waals surface area contributed by atoms with Crippen LogP contribution in [0.4, 0.5) is 0 Å². The van der Waals surface area contributed by atoms with E-state index in [-0.39, 0.29) is 17.6 Å². The average molecular weight is 488 g/mol. The second kappa shape index (κ2) is 13.9. The summed E-state index contributed by atoms with van der Waals surface area (Å²) in [6.07, 6.45) is 2.07. The van der Waals surface area contributed by atoms with E-state index >= 15 is 0 Å². The van der Waals surface area contributed by atoms with Crippen LogP contribution in [0.1, 0.15) is 46.0 Å². The third-order valence-electron chi connectivity index (χ3n) is 5.26. The minimum Gasteiger partial charge on any atom is -0.480 e. The molecule has 1 saturated heterocycles. The molecule has 13 heteroatoms. The Hall–Kier alpha value is -2.54. The SMILES string of the molecule is CC(C)CC(NC(=O)C(N)CCCN=C(N)N)C(=O)NC(CS)C(=O)N1CCCC1C(=O)O. The number of carbonyl (C=O) groups is 4. The third-order valence-corrected chi connectivity index (χ3v) is 5.63. The first-order chi connectivity index (χ1) is 15.5. The summed E-state index contributed by atoms with van der Waals surface area (Å²) in [4.78, 5) is 54.8. The molecule has 188 valence electrons. The monoisotopic (exact) mass is 487 g/mol. The molecule has 0 aliphatic carbocycles. The summed E-state index contributed by atoms with van der Waals surface area (Å²) >= 11 is 4.16. The summed E-state index contributed by atoms with van der Waals surface area (Å²) in [7, 11) is 0. The van der Waals surface area contributed by atoms with Gasteiger partial charge < -0.3 is 37.8 Å². The molecule has 1 aliphatic rings. The summed E-state index contributed by atoms with van der Waals surface area (Å²) in [5.41, 5.74) is 16.5. The van der Waals surface area contributed by atoms with E-state index in [9.17, 15) is 24.3 Å². The number of likely N-dealkylation sites (tertiary alicyclic amines) is 1. The Labute approximate surface area is 199 Å². The lowest BCUT2D eigenvalue weighted by molar-refractivity contribution is -0.149. The predicted octanol–water partition coefficient (Wildman–Crippen LogP) is -1.61. The summed E-state index contributed by atoms with van der Waals surface area (Å²) in [5.74, 6) is -2.63. The fourth-order valence-corrected chi connectivity index (χ4v) is 3.82. The smallest absolute Gasteiger partial charge is 0.326 e. The highest BCUT2D eigenvalue weighted by atomic mass is 32.1. The molecule has 12 nitrogen and oxygen atoms in total. The Kier molecular flexibility index (Phi) is 12.0. The molecule has 4 atom stereocenters. The van der Waals surface area contributed by atoms with Crippen LogP contribution in [0.3, 0.4) is 0 Å². The van der Waals surface area contributed by atoms with Crippen LogP contribution in [0.15, 0.2) is 4.99 Å². The molecule has 9 N–H and O–H groups in total. The summed E-state index contributed by atoms with van der Waals surface area (Å²) < 4.78 is 0. The van der Waals surface area contributed by atoms with Gasteiger partial charge in [0.25, 0.3) is 0 Å². The topological polar surface area (TPSA) is 206 Å². The van der Waals surface area contributed by atoms with Crippen molar-refractivity contribution in [2.24, 2.45) is 28.1 Å². The third kappa shape index (κ3) is 9.46. The number of thiol groups is 1. The number of carboxylic acid groups (broad SMARTS) is 1. The van der Waals surface area contributed by atoms with Crippen molar-refractivity contribution in [2.75, 3.05) is 18.8 Å². The molecule has 0 radical (unpaired) electrons. The van der Waals surface area contributed by atoms with Crippen molar-refractivity contribution >= 4 is 42.3 Å². The van der Waals surface area contributed by atoms with Gasteiger partial charge >= 0.3 is 5.97 Å². The number of amides is 3. The number of nitrogens with zero attached hydrogens (tertiary/aromatic N) is 2. The molecule has 1 aliphatic heterocycles. The Bertz CT molecular complexity index is 730. The van der Waals surface area contributed by atoms with Crippen molar-refractivity contribution in [1.29, 1.82) is 0 Å². The molecule has 0 aromatic carbocycles. The lowest BCUT2D eigenvalue weighted by Gasteiger charge is -2.28. The molecule has 4 unspecified atom stereocenters. The number of hydrogen-bond acceptors (Lipinski definition) is 7. The number of carboxylic acids is 1. The standard InChI is InChI=1S/C20H37N7O5S/c1-11(2)9-13(25-16(28)12(21)5-3-7-24-20(22)23)17(29)26-14(10-33)18(30)27-8-4-6-15(27)19(31)32/h11-15,33H,3-10,21H2,1-2H3,(H,25,28)(H,26,29)(H,31,32)(H4,22,23,24). The number of nitrogens with two attached hydrogens (primary N) is 3. The fourth-order valence-electron chi connectivity index (χ4n) is 3.58. The van der Waals surface area contributed by atoms with Crippen molar-refractivity contribution in [3.63, 3.8) is 0 Å². The molecule has 0 aromatic heterocycles. The van der Waals surface area contributed by atoms with Crippen LogP contribution in [-0.4, -0.2) is 82.7 Å². The van der Waals surface area contributed by atoms with Gasteiger partial charge in [-0.15, -0.1) is 0 Å². The number of guanidine groups is 1. The summed E-state index contributed by atoms with van der Waals surface area (Å²) in [5, 5.41) is 14.6. The highest BCUT2D eigenvalue weighted by molar-refractivity contribution is 7.80. The van der Waals surface area contributed by atoms with Gasteiger partial charge in [-0.1, -0.05) is 13.8 Å². The largest absolute Gasteiger partial charge is 0.480 e. The Balaban J connectivity index is 2.78. The van der Waals surface area contributed by atoms with Crippen LogP contribution in [0.5, 0.6) is 0 Å². The van der Waals surface area contributed by atoms with Crippen molar-refractivity contribution in [3.8, 4) is 0 Å². The number of rotatable bonds is 13. The number of aliphatic imine (C=N–C) groups is 1. The molecule has 1 fully saturated rings. The lowest BCUT2D eigenvalue weighted by atomic mass is 10.0. The molecule has 33 heavy (non-hydrogen) atoms. The number of hydrogen-bond donors (Lipinski definition) is 7. The minimum atomic E-state index is -1.08. The first-order valence-corrected chi connectivity index (χ1v) is 11.7. The van der Waals surface area contributed by atoms with E-state index in [0.717, 1.165) is 0 Å². The molecular weight excluding hydrogens is 450 g/mol. The molecule has 0 spiro atoms. The fraction of sp³-hybridized carbons (Fsp3) is 0.750. The zero-order chi connectivity index (χ0) is 25.1. The quantitative estimate of drug-likeness (QED) is 0.0694. The van der Waals surface area contributed by atoms with Crippen LogP contribution in [0.2, 0.25) is 0 Å². The highest BCUT2D eigenvalue weighted by Crippen LogP contribution is 2.19. The van der Waals surface area contributed by atoms with E-state index in [2.05, 4.69) is 28.3 Å². The van der Waals surface area contributed by atoms with Crippen molar-refractivity contribution in [2.45, 2.75) is 70.1 Å². The van der Waals surface area contributed by atoms with Crippen molar-refractivity contribution < 1.29 is 24.3 Å². The van der Waals surface area contributed by atoms with Gasteiger partial charge in [0.05, 0.1) is 6.04 Å². The van der Waals surface area contributed by atoms with Crippen LogP contribution in [0, 0.1) is 5.92 Å². The van der Waals surface area contributed by atoms with E-state index in [0.29, 0.717) is 45.2 Å². The Morgan fingerprint density at radius 3 is 2.33 bits per heavy atom. The molecular formula is C20H37N7O5S. The van der Waals surface area contributed by atoms with Crippen molar-refractivity contribution in [3.05, 3.63) is 0 Å². The lowest BCUT2D eigenvalue weighted by Crippen LogP contribution is -2.57. The average Bonchev–Trinajstić information content (AvgIpc) is 3.23. The summed E-state index contributed by atoms with van der Waals surface area (Å²) in [6, 6.07) is -3.70. The molecule has 1 heterocycles. The van der Waals surface area contributed by atoms with E-state index < -0.39 is 47.9 Å². The maximum absolute atomic E-state index is 12.9. The van der Waals surface area contributed by atoms with Crippen molar-refractivity contribution in [1.82, 2.24) is 15.5 Å². The Morgan fingerprint density at radius 1 is 1.15 bits per heavy atom. The van der Waals surface area contributed by atoms with Crippen LogP contribution < -0.4 is 27.8 Å². The van der Waals surface area contributed by atoms with Gasteiger partial charge in [0.2, 0.25) is 17.7 Å².